The van der Waals surface area contributed by atoms with E-state index in [4.69, 9.17) is 0 Å². The number of aryl methyl sites for hydroxylation is 2. The van der Waals surface area contributed by atoms with E-state index in [1.165, 1.54) is 6.07 Å². The Kier molecular flexibility index (Phi) is 4.65. The van der Waals surface area contributed by atoms with E-state index in [0.717, 1.165) is 11.0 Å². The minimum absolute atomic E-state index is 0.253. The van der Waals surface area contributed by atoms with Crippen LogP contribution in [0.4, 0.5) is 26.3 Å². The maximum Gasteiger partial charge on any atom is 0.453 e. The van der Waals surface area contributed by atoms with Gasteiger partial charge in [0.2, 0.25) is 0 Å². The second kappa shape index (κ2) is 6.06. The highest BCUT2D eigenvalue weighted by atomic mass is 32.2. The van der Waals surface area contributed by atoms with Gasteiger partial charge in [-0.2, -0.15) is 26.3 Å². The lowest BCUT2D eigenvalue weighted by atomic mass is 10.1. The van der Waals surface area contributed by atoms with E-state index < -0.39 is 23.9 Å². The van der Waals surface area contributed by atoms with Gasteiger partial charge < -0.3 is 0 Å². The molecule has 0 amide bonds. The van der Waals surface area contributed by atoms with Gasteiger partial charge >= 0.3 is 12.4 Å². The summed E-state index contributed by atoms with van der Waals surface area (Å²) >= 11 is 0.575. The van der Waals surface area contributed by atoms with Crippen LogP contribution in [0.1, 0.15) is 17.0 Å². The van der Waals surface area contributed by atoms with Crippen LogP contribution in [0, 0.1) is 13.8 Å². The highest BCUT2D eigenvalue weighted by Crippen LogP contribution is 2.32. The number of benzene rings is 1. The Labute approximate surface area is 131 Å². The molecule has 10 heteroatoms. The molecule has 0 aliphatic heterocycles. The monoisotopic (exact) mass is 355 g/mol. The molecule has 0 N–H and O–H groups in total. The first-order chi connectivity index (χ1) is 10.5. The Balaban J connectivity index is 2.37. The highest BCUT2D eigenvalue weighted by Gasteiger charge is 2.36. The largest absolute Gasteiger partial charge is 0.453 e. The first-order valence-corrected chi connectivity index (χ1v) is 7.26. The normalized spacial score (nSPS) is 12.7. The zero-order chi connectivity index (χ0) is 17.4. The molecule has 0 atom stereocenters. The summed E-state index contributed by atoms with van der Waals surface area (Å²) in [6.07, 6.45) is -8.13. The average molecular weight is 355 g/mol. The summed E-state index contributed by atoms with van der Waals surface area (Å²) in [5.41, 5.74) is 1.44. The maximum absolute atomic E-state index is 12.5. The molecule has 126 valence electrons. The number of halogens is 6. The number of rotatable bonds is 3. The van der Waals surface area contributed by atoms with Gasteiger partial charge in [0.15, 0.2) is 0 Å². The number of thioether (sulfide) groups is 1. The quantitative estimate of drug-likeness (QED) is 0.597. The van der Waals surface area contributed by atoms with Crippen molar-refractivity contribution < 1.29 is 26.3 Å². The third-order valence-corrected chi connectivity index (χ3v) is 4.10. The van der Waals surface area contributed by atoms with Crippen LogP contribution in [0.25, 0.3) is 5.69 Å². The number of nitrogens with zero attached hydrogens (tertiary/aromatic N) is 3. The molecular weight excluding hydrogens is 344 g/mol. The smallest absolute Gasteiger partial charge is 0.220 e. The van der Waals surface area contributed by atoms with Crippen molar-refractivity contribution in [2.24, 2.45) is 0 Å². The minimum Gasteiger partial charge on any atom is -0.220 e. The molecule has 0 saturated carbocycles. The van der Waals surface area contributed by atoms with Crippen molar-refractivity contribution in [1.82, 2.24) is 14.8 Å². The van der Waals surface area contributed by atoms with Gasteiger partial charge in [-0.05, 0) is 31.0 Å². The highest BCUT2D eigenvalue weighted by molar-refractivity contribution is 7.99. The van der Waals surface area contributed by atoms with Crippen LogP contribution in [-0.4, -0.2) is 26.7 Å². The van der Waals surface area contributed by atoms with Gasteiger partial charge in [0.25, 0.3) is 5.82 Å². The summed E-state index contributed by atoms with van der Waals surface area (Å²) in [6.45, 7) is 3.27. The molecule has 23 heavy (non-hydrogen) atoms. The van der Waals surface area contributed by atoms with Crippen molar-refractivity contribution in [3.8, 4) is 5.69 Å². The van der Waals surface area contributed by atoms with E-state index in [-0.39, 0.29) is 5.69 Å². The van der Waals surface area contributed by atoms with E-state index in [0.29, 0.717) is 27.8 Å². The van der Waals surface area contributed by atoms with Crippen LogP contribution < -0.4 is 0 Å². The standard InChI is InChI=1S/C13H11F6N3S/c1-7-3-8(2)10(23-5-12(14,15)16)4-9(7)22-6-20-11(21-22)13(17,18)19/h3-4,6H,5H2,1-2H3. The topological polar surface area (TPSA) is 30.7 Å². The summed E-state index contributed by atoms with van der Waals surface area (Å²) in [7, 11) is 0. The molecular formula is C13H11F6N3S. The molecule has 1 heterocycles. The zero-order valence-corrected chi connectivity index (χ0v) is 12.8. The van der Waals surface area contributed by atoms with Crippen molar-refractivity contribution in [2.45, 2.75) is 31.1 Å². The third kappa shape index (κ3) is 4.40. The fraction of sp³-hybridized carbons (Fsp3) is 0.385. The second-order valence-corrected chi connectivity index (χ2v) is 5.84. The molecule has 0 unspecified atom stereocenters. The number of hydrogen-bond acceptors (Lipinski definition) is 3. The lowest BCUT2D eigenvalue weighted by Gasteiger charge is -2.13. The Morgan fingerprint density at radius 2 is 1.70 bits per heavy atom. The van der Waals surface area contributed by atoms with Crippen molar-refractivity contribution in [2.75, 3.05) is 5.75 Å². The molecule has 0 aliphatic carbocycles. The minimum atomic E-state index is -4.68. The summed E-state index contributed by atoms with van der Waals surface area (Å²) in [5.74, 6) is -2.39. The van der Waals surface area contributed by atoms with Crippen molar-refractivity contribution in [3.63, 3.8) is 0 Å². The van der Waals surface area contributed by atoms with Gasteiger partial charge in [-0.15, -0.1) is 16.9 Å². The Morgan fingerprint density at radius 3 is 2.22 bits per heavy atom. The fourth-order valence-electron chi connectivity index (χ4n) is 1.89. The molecule has 0 spiro atoms. The summed E-state index contributed by atoms with van der Waals surface area (Å²) < 4.78 is 75.6. The molecule has 0 saturated heterocycles. The SMILES string of the molecule is Cc1cc(C)c(-n2cnc(C(F)(F)F)n2)cc1SCC(F)(F)F. The Morgan fingerprint density at radius 1 is 1.04 bits per heavy atom. The van der Waals surface area contributed by atoms with Gasteiger partial charge in [-0.3, -0.25) is 0 Å². The van der Waals surface area contributed by atoms with E-state index in [1.54, 1.807) is 19.9 Å². The van der Waals surface area contributed by atoms with Crippen LogP contribution in [0.5, 0.6) is 0 Å². The number of alkyl halides is 6. The third-order valence-electron chi connectivity index (χ3n) is 2.88. The van der Waals surface area contributed by atoms with Crippen molar-refractivity contribution >= 4 is 11.8 Å². The molecule has 0 aliphatic rings. The Hall–Kier alpha value is -1.71. The van der Waals surface area contributed by atoms with E-state index in [2.05, 4.69) is 10.1 Å². The lowest BCUT2D eigenvalue weighted by Crippen LogP contribution is -2.11. The van der Waals surface area contributed by atoms with Crippen LogP contribution in [-0.2, 0) is 6.18 Å². The summed E-state index contributed by atoms with van der Waals surface area (Å²) in [4.78, 5) is 3.51. The predicted molar refractivity (Wildman–Crippen MR) is 72.6 cm³/mol. The van der Waals surface area contributed by atoms with Crippen molar-refractivity contribution in [3.05, 3.63) is 35.4 Å². The van der Waals surface area contributed by atoms with Crippen molar-refractivity contribution in [1.29, 1.82) is 0 Å². The summed E-state index contributed by atoms with van der Waals surface area (Å²) in [6, 6.07) is 2.99. The second-order valence-electron chi connectivity index (χ2n) is 4.82. The molecule has 1 aromatic carbocycles. The molecule has 2 aromatic rings. The van der Waals surface area contributed by atoms with Crippen LogP contribution >= 0.6 is 11.8 Å². The van der Waals surface area contributed by atoms with Gasteiger partial charge in [0, 0.05) is 4.90 Å². The molecule has 3 nitrogen and oxygen atoms in total. The Bertz CT molecular complexity index is 705. The summed E-state index contributed by atoms with van der Waals surface area (Å²) in [5, 5.41) is 3.34. The number of hydrogen-bond donors (Lipinski definition) is 0. The van der Waals surface area contributed by atoms with E-state index >= 15 is 0 Å². The average Bonchev–Trinajstić information content (AvgIpc) is 2.85. The number of aromatic nitrogens is 3. The molecule has 2 rings (SSSR count). The first kappa shape index (κ1) is 17.6. The molecule has 0 fully saturated rings. The maximum atomic E-state index is 12.5. The van der Waals surface area contributed by atoms with E-state index in [1.807, 2.05) is 0 Å². The van der Waals surface area contributed by atoms with Gasteiger partial charge in [0.05, 0.1) is 11.4 Å². The van der Waals surface area contributed by atoms with Gasteiger partial charge in [-0.25, -0.2) is 9.67 Å². The predicted octanol–water partition coefficient (Wildman–Crippen LogP) is 4.56. The van der Waals surface area contributed by atoms with Gasteiger partial charge in [-0.1, -0.05) is 6.07 Å². The van der Waals surface area contributed by atoms with E-state index in [9.17, 15) is 26.3 Å². The lowest BCUT2D eigenvalue weighted by molar-refractivity contribution is -0.144. The van der Waals surface area contributed by atoms with Crippen LogP contribution in [0.15, 0.2) is 23.4 Å². The molecule has 0 bridgehead atoms. The molecule has 0 radical (unpaired) electrons. The fourth-order valence-corrected chi connectivity index (χ4v) is 2.69. The molecule has 1 aromatic heterocycles. The zero-order valence-electron chi connectivity index (χ0n) is 12.0. The van der Waals surface area contributed by atoms with Crippen LogP contribution in [0.3, 0.4) is 0 Å². The van der Waals surface area contributed by atoms with Crippen LogP contribution in [0.2, 0.25) is 0 Å². The van der Waals surface area contributed by atoms with Gasteiger partial charge in [0.1, 0.15) is 6.33 Å². The first-order valence-electron chi connectivity index (χ1n) is 6.27.